The number of aryl methyl sites for hydroxylation is 1. The second-order valence-corrected chi connectivity index (χ2v) is 9.39. The van der Waals surface area contributed by atoms with Gasteiger partial charge in [0.25, 0.3) is 5.91 Å². The molecule has 2 aromatic carbocycles. The van der Waals surface area contributed by atoms with E-state index < -0.39 is 5.54 Å². The largest absolute Gasteiger partial charge is 0.350 e. The average molecular weight is 445 g/mol. The summed E-state index contributed by atoms with van der Waals surface area (Å²) in [4.78, 5) is 17.1. The molecule has 0 aliphatic heterocycles. The normalized spacial score (nSPS) is 13.9. The predicted octanol–water partition coefficient (Wildman–Crippen LogP) is 3.45. The zero-order chi connectivity index (χ0) is 23.2. The number of carbonyl (C=O) groups excluding carboxylic acids is 1. The molecule has 0 saturated heterocycles. The van der Waals surface area contributed by atoms with E-state index in [1.165, 1.54) is 18.4 Å². The summed E-state index contributed by atoms with van der Waals surface area (Å²) in [5.74, 6) is 1.64. The van der Waals surface area contributed by atoms with Gasteiger partial charge in [0.2, 0.25) is 5.95 Å². The van der Waals surface area contributed by atoms with Gasteiger partial charge in [0.05, 0.1) is 11.7 Å². The molecule has 9 nitrogen and oxygen atoms in total. The highest BCUT2D eigenvalue weighted by molar-refractivity contribution is 5.94. The van der Waals surface area contributed by atoms with E-state index in [9.17, 15) is 4.79 Å². The fourth-order valence-corrected chi connectivity index (χ4v) is 3.88. The van der Waals surface area contributed by atoms with Crippen LogP contribution in [-0.2, 0) is 7.05 Å². The molecule has 0 unspecified atom stereocenters. The van der Waals surface area contributed by atoms with Crippen LogP contribution in [0.3, 0.4) is 0 Å². The van der Waals surface area contributed by atoms with E-state index in [0.717, 1.165) is 22.2 Å². The number of nitrogens with two attached hydrogens (primary N) is 1. The summed E-state index contributed by atoms with van der Waals surface area (Å²) in [7, 11) is 1.86. The highest BCUT2D eigenvalue weighted by Gasteiger charge is 2.29. The van der Waals surface area contributed by atoms with E-state index in [1.807, 2.05) is 45.3 Å². The molecule has 0 atom stereocenters. The third-order valence-electron chi connectivity index (χ3n) is 5.77. The van der Waals surface area contributed by atoms with Crippen LogP contribution >= 0.6 is 0 Å². The molecule has 170 valence electrons. The quantitative estimate of drug-likeness (QED) is 0.346. The number of fused-ring (bicyclic) bond motifs is 1. The Morgan fingerprint density at radius 2 is 1.97 bits per heavy atom. The minimum absolute atomic E-state index is 0.154. The lowest BCUT2D eigenvalue weighted by atomic mass is 10.0. The van der Waals surface area contributed by atoms with E-state index >= 15 is 0 Å². The number of hydrogen-bond donors (Lipinski definition) is 4. The number of anilines is 2. The molecule has 1 saturated carbocycles. The van der Waals surface area contributed by atoms with Crippen LogP contribution in [0.1, 0.15) is 48.5 Å². The SMILES string of the molecule is Cn1nc(-c2ccc(C(=O)NCC(C)(C)N)cc2)nc1Nc1ccc2[nH]ncc2c1C1CC1. The Morgan fingerprint density at radius 3 is 2.67 bits per heavy atom. The van der Waals surface area contributed by atoms with Crippen molar-refractivity contribution >= 4 is 28.4 Å². The van der Waals surface area contributed by atoms with Crippen molar-refractivity contribution in [3.63, 3.8) is 0 Å². The van der Waals surface area contributed by atoms with Gasteiger partial charge in [0.1, 0.15) is 0 Å². The zero-order valence-corrected chi connectivity index (χ0v) is 19.0. The van der Waals surface area contributed by atoms with Crippen LogP contribution in [0, 0.1) is 0 Å². The molecular formula is C24H28N8O. The molecule has 0 radical (unpaired) electrons. The summed E-state index contributed by atoms with van der Waals surface area (Å²) in [6, 6.07) is 11.4. The Kier molecular flexibility index (Phi) is 5.13. The number of aromatic nitrogens is 5. The highest BCUT2D eigenvalue weighted by atomic mass is 16.1. The van der Waals surface area contributed by atoms with Gasteiger partial charge < -0.3 is 16.4 Å². The molecule has 33 heavy (non-hydrogen) atoms. The average Bonchev–Trinajstić information content (AvgIpc) is 3.39. The van der Waals surface area contributed by atoms with Crippen LogP contribution in [0.2, 0.25) is 0 Å². The van der Waals surface area contributed by atoms with Gasteiger partial charge in [-0.1, -0.05) is 12.1 Å². The van der Waals surface area contributed by atoms with Gasteiger partial charge in [0, 0.05) is 41.3 Å². The summed E-state index contributed by atoms with van der Waals surface area (Å²) < 4.78 is 1.73. The molecule has 1 aliphatic rings. The Morgan fingerprint density at radius 1 is 1.21 bits per heavy atom. The first-order valence-electron chi connectivity index (χ1n) is 11.1. The number of H-pyrrole nitrogens is 1. The summed E-state index contributed by atoms with van der Waals surface area (Å²) in [5, 5.41) is 19.3. The first-order chi connectivity index (χ1) is 15.8. The fourth-order valence-electron chi connectivity index (χ4n) is 3.88. The molecular weight excluding hydrogens is 416 g/mol. The number of hydrogen-bond acceptors (Lipinski definition) is 6. The van der Waals surface area contributed by atoms with Crippen molar-refractivity contribution in [2.75, 3.05) is 11.9 Å². The minimum Gasteiger partial charge on any atom is -0.350 e. The summed E-state index contributed by atoms with van der Waals surface area (Å²) in [6.45, 7) is 4.14. The van der Waals surface area contributed by atoms with Crippen molar-refractivity contribution in [3.05, 3.63) is 53.7 Å². The first-order valence-corrected chi connectivity index (χ1v) is 11.1. The van der Waals surface area contributed by atoms with Crippen LogP contribution < -0.4 is 16.4 Å². The smallest absolute Gasteiger partial charge is 0.251 e. The van der Waals surface area contributed by atoms with Crippen LogP contribution in [0.4, 0.5) is 11.6 Å². The van der Waals surface area contributed by atoms with Crippen molar-refractivity contribution < 1.29 is 4.79 Å². The van der Waals surface area contributed by atoms with E-state index in [-0.39, 0.29) is 5.91 Å². The molecule has 1 aliphatic carbocycles. The maximum absolute atomic E-state index is 12.3. The lowest BCUT2D eigenvalue weighted by molar-refractivity contribution is 0.0946. The van der Waals surface area contributed by atoms with Crippen LogP contribution in [0.5, 0.6) is 0 Å². The molecule has 1 fully saturated rings. The van der Waals surface area contributed by atoms with Crippen molar-refractivity contribution in [1.29, 1.82) is 0 Å². The standard InChI is InChI=1S/C24H28N8O/c1-24(2,25)13-26-22(33)16-8-6-15(7-9-16)21-29-23(32(3)31-21)28-19-11-10-18-17(12-27-30-18)20(19)14-4-5-14/h6-12,14H,4-5,13,25H2,1-3H3,(H,26,33)(H,27,30)(H,28,29,31). The molecule has 4 aromatic rings. The van der Waals surface area contributed by atoms with Crippen molar-refractivity contribution in [2.24, 2.45) is 12.8 Å². The highest BCUT2D eigenvalue weighted by Crippen LogP contribution is 2.47. The van der Waals surface area contributed by atoms with E-state index in [0.29, 0.717) is 29.8 Å². The van der Waals surface area contributed by atoms with E-state index in [2.05, 4.69) is 32.0 Å². The lowest BCUT2D eigenvalue weighted by Crippen LogP contribution is -2.45. The van der Waals surface area contributed by atoms with E-state index in [4.69, 9.17) is 10.7 Å². The number of benzene rings is 2. The zero-order valence-electron chi connectivity index (χ0n) is 19.0. The maximum Gasteiger partial charge on any atom is 0.251 e. The molecule has 9 heteroatoms. The van der Waals surface area contributed by atoms with Crippen LogP contribution in [0.25, 0.3) is 22.3 Å². The van der Waals surface area contributed by atoms with Gasteiger partial charge in [-0.3, -0.25) is 9.89 Å². The van der Waals surface area contributed by atoms with Crippen LogP contribution in [0.15, 0.2) is 42.6 Å². The molecule has 0 bridgehead atoms. The number of amides is 1. The Bertz CT molecular complexity index is 1310. The van der Waals surface area contributed by atoms with Gasteiger partial charge in [-0.05, 0) is 62.4 Å². The lowest BCUT2D eigenvalue weighted by Gasteiger charge is -2.18. The number of nitrogens with one attached hydrogen (secondary N) is 3. The van der Waals surface area contributed by atoms with Crippen molar-refractivity contribution in [2.45, 2.75) is 38.1 Å². The molecule has 2 heterocycles. The predicted molar refractivity (Wildman–Crippen MR) is 128 cm³/mol. The molecule has 2 aromatic heterocycles. The Balaban J connectivity index is 1.36. The minimum atomic E-state index is -0.460. The molecule has 0 spiro atoms. The van der Waals surface area contributed by atoms with E-state index in [1.54, 1.807) is 16.8 Å². The van der Waals surface area contributed by atoms with Gasteiger partial charge in [-0.2, -0.15) is 10.1 Å². The third-order valence-corrected chi connectivity index (χ3v) is 5.77. The van der Waals surface area contributed by atoms with Gasteiger partial charge >= 0.3 is 0 Å². The number of aromatic amines is 1. The van der Waals surface area contributed by atoms with Crippen molar-refractivity contribution in [1.82, 2.24) is 30.3 Å². The Labute approximate surface area is 191 Å². The topological polar surface area (TPSA) is 127 Å². The van der Waals surface area contributed by atoms with Gasteiger partial charge in [0.15, 0.2) is 5.82 Å². The number of nitrogens with zero attached hydrogens (tertiary/aromatic N) is 4. The number of carbonyl (C=O) groups is 1. The van der Waals surface area contributed by atoms with Gasteiger partial charge in [-0.25, -0.2) is 4.68 Å². The monoisotopic (exact) mass is 444 g/mol. The summed E-state index contributed by atoms with van der Waals surface area (Å²) in [6.07, 6.45) is 4.26. The molecule has 5 rings (SSSR count). The molecule has 1 amide bonds. The third kappa shape index (κ3) is 4.45. The second-order valence-electron chi connectivity index (χ2n) is 9.39. The van der Waals surface area contributed by atoms with Crippen molar-refractivity contribution in [3.8, 4) is 11.4 Å². The Hall–Kier alpha value is -3.72. The first kappa shape index (κ1) is 21.1. The number of rotatable bonds is 7. The maximum atomic E-state index is 12.3. The summed E-state index contributed by atoms with van der Waals surface area (Å²) >= 11 is 0. The van der Waals surface area contributed by atoms with Gasteiger partial charge in [-0.15, -0.1) is 5.10 Å². The fraction of sp³-hybridized carbons (Fsp3) is 0.333. The van der Waals surface area contributed by atoms with Crippen LogP contribution in [-0.4, -0.2) is 43.0 Å². The summed E-state index contributed by atoms with van der Waals surface area (Å²) in [5.41, 5.74) is 10.2. The second kappa shape index (κ2) is 8.00. The molecule has 5 N–H and O–H groups in total.